The van der Waals surface area contributed by atoms with Crippen LogP contribution in [0.25, 0.3) is 22.3 Å². The van der Waals surface area contributed by atoms with Gasteiger partial charge in [-0.25, -0.2) is 9.78 Å². The van der Waals surface area contributed by atoms with Crippen LogP contribution < -0.4 is 5.69 Å². The third-order valence-electron chi connectivity index (χ3n) is 3.99. The van der Waals surface area contributed by atoms with E-state index < -0.39 is 0 Å². The lowest BCUT2D eigenvalue weighted by Crippen LogP contribution is -2.21. The first kappa shape index (κ1) is 13.6. The predicted octanol–water partition coefficient (Wildman–Crippen LogP) is 3.75. The maximum atomic E-state index is 12.2. The van der Waals surface area contributed by atoms with E-state index in [1.807, 2.05) is 35.0 Å². The Morgan fingerprint density at radius 2 is 1.86 bits per heavy atom. The molecule has 0 aliphatic heterocycles. The summed E-state index contributed by atoms with van der Waals surface area (Å²) in [6.07, 6.45) is 3.67. The Kier molecular flexibility index (Phi) is 3.60. The molecule has 0 saturated carbocycles. The molecule has 1 aromatic carbocycles. The molecule has 0 bridgehead atoms. The fourth-order valence-corrected chi connectivity index (χ4v) is 2.81. The smallest absolute Gasteiger partial charge is 0.290 e. The summed E-state index contributed by atoms with van der Waals surface area (Å²) in [6.45, 7) is 4.21. The Bertz CT molecular complexity index is 798. The zero-order valence-electron chi connectivity index (χ0n) is 12.3. The Labute approximate surface area is 123 Å². The average Bonchev–Trinajstić information content (AvgIpc) is 2.85. The van der Waals surface area contributed by atoms with E-state index in [4.69, 9.17) is 0 Å². The molecule has 4 heteroatoms. The predicted molar refractivity (Wildman–Crippen MR) is 85.4 cm³/mol. The molecular formula is C17H19N3O. The average molecular weight is 281 g/mol. The molecule has 2 heterocycles. The Morgan fingerprint density at radius 3 is 2.52 bits per heavy atom. The van der Waals surface area contributed by atoms with Crippen molar-refractivity contribution in [3.63, 3.8) is 0 Å². The molecule has 0 amide bonds. The van der Waals surface area contributed by atoms with Crippen molar-refractivity contribution in [3.05, 3.63) is 53.1 Å². The van der Waals surface area contributed by atoms with Gasteiger partial charge in [-0.15, -0.1) is 0 Å². The number of pyridine rings is 1. The lowest BCUT2D eigenvalue weighted by Gasteiger charge is -2.14. The standard InChI is InChI=1S/C17H19N3O/c1-3-14(4-2)20-15-10-13(12-8-6-5-7-9-12)11-18-16(15)19-17(20)21/h5-11,14H,3-4H2,1-2H3,(H,18,19,21). The first-order valence-electron chi connectivity index (χ1n) is 7.40. The van der Waals surface area contributed by atoms with Crippen LogP contribution in [0.2, 0.25) is 0 Å². The van der Waals surface area contributed by atoms with E-state index in [1.165, 1.54) is 0 Å². The zero-order chi connectivity index (χ0) is 14.8. The molecule has 21 heavy (non-hydrogen) atoms. The second-order valence-corrected chi connectivity index (χ2v) is 5.23. The first-order chi connectivity index (χ1) is 10.2. The third kappa shape index (κ3) is 2.37. The van der Waals surface area contributed by atoms with Crippen LogP contribution in [-0.4, -0.2) is 14.5 Å². The lowest BCUT2D eigenvalue weighted by molar-refractivity contribution is 0.471. The van der Waals surface area contributed by atoms with Gasteiger partial charge in [0.05, 0.1) is 5.52 Å². The second-order valence-electron chi connectivity index (χ2n) is 5.23. The van der Waals surface area contributed by atoms with E-state index in [0.29, 0.717) is 5.65 Å². The summed E-state index contributed by atoms with van der Waals surface area (Å²) < 4.78 is 1.84. The minimum absolute atomic E-state index is 0.0728. The monoisotopic (exact) mass is 281 g/mol. The molecule has 0 atom stereocenters. The van der Waals surface area contributed by atoms with Crippen LogP contribution in [0.4, 0.5) is 0 Å². The maximum Gasteiger partial charge on any atom is 0.327 e. The van der Waals surface area contributed by atoms with Crippen molar-refractivity contribution < 1.29 is 0 Å². The van der Waals surface area contributed by atoms with Crippen LogP contribution in [0.5, 0.6) is 0 Å². The number of hydrogen-bond donors (Lipinski definition) is 1. The first-order valence-corrected chi connectivity index (χ1v) is 7.40. The zero-order valence-corrected chi connectivity index (χ0v) is 12.3. The molecule has 3 aromatic rings. The Hall–Kier alpha value is -2.36. The number of rotatable bonds is 4. The van der Waals surface area contributed by atoms with Crippen LogP contribution in [0.1, 0.15) is 32.7 Å². The summed E-state index contributed by atoms with van der Waals surface area (Å²) in [5, 5.41) is 0. The van der Waals surface area contributed by atoms with Crippen molar-refractivity contribution in [2.45, 2.75) is 32.7 Å². The molecule has 1 N–H and O–H groups in total. The number of imidazole rings is 1. The molecule has 108 valence electrons. The number of H-pyrrole nitrogens is 1. The van der Waals surface area contributed by atoms with Crippen LogP contribution in [0.3, 0.4) is 0 Å². The molecule has 2 aromatic heterocycles. The van der Waals surface area contributed by atoms with Gasteiger partial charge >= 0.3 is 5.69 Å². The highest BCUT2D eigenvalue weighted by Gasteiger charge is 2.15. The minimum atomic E-state index is -0.0728. The molecule has 0 saturated heterocycles. The highest BCUT2D eigenvalue weighted by Crippen LogP contribution is 2.24. The van der Waals surface area contributed by atoms with Crippen molar-refractivity contribution in [2.75, 3.05) is 0 Å². The molecular weight excluding hydrogens is 262 g/mol. The fourth-order valence-electron chi connectivity index (χ4n) is 2.81. The number of nitrogens with zero attached hydrogens (tertiary/aromatic N) is 2. The van der Waals surface area contributed by atoms with Gasteiger partial charge in [0.15, 0.2) is 5.65 Å². The number of aromatic amines is 1. The molecule has 3 rings (SSSR count). The van der Waals surface area contributed by atoms with E-state index in [-0.39, 0.29) is 11.7 Å². The Balaban J connectivity index is 2.21. The van der Waals surface area contributed by atoms with Crippen molar-refractivity contribution in [3.8, 4) is 11.1 Å². The summed E-state index contributed by atoms with van der Waals surface area (Å²) in [4.78, 5) is 19.5. The lowest BCUT2D eigenvalue weighted by atomic mass is 10.1. The summed E-state index contributed by atoms with van der Waals surface area (Å²) in [5.41, 5.74) is 3.61. The highest BCUT2D eigenvalue weighted by atomic mass is 16.1. The van der Waals surface area contributed by atoms with Gasteiger partial charge in [-0.3, -0.25) is 9.55 Å². The molecule has 0 spiro atoms. The normalized spacial score (nSPS) is 11.4. The van der Waals surface area contributed by atoms with Crippen molar-refractivity contribution in [1.29, 1.82) is 0 Å². The van der Waals surface area contributed by atoms with Crippen molar-refractivity contribution >= 4 is 11.2 Å². The van der Waals surface area contributed by atoms with Gasteiger partial charge < -0.3 is 0 Å². The summed E-state index contributed by atoms with van der Waals surface area (Å²) in [6, 6.07) is 12.4. The van der Waals surface area contributed by atoms with Gasteiger partial charge in [-0.2, -0.15) is 0 Å². The van der Waals surface area contributed by atoms with E-state index in [9.17, 15) is 4.79 Å². The number of fused-ring (bicyclic) bond motifs is 1. The van der Waals surface area contributed by atoms with E-state index in [0.717, 1.165) is 29.5 Å². The van der Waals surface area contributed by atoms with Gasteiger partial charge in [0.1, 0.15) is 0 Å². The largest absolute Gasteiger partial charge is 0.327 e. The van der Waals surface area contributed by atoms with Gasteiger partial charge in [-0.1, -0.05) is 44.2 Å². The van der Waals surface area contributed by atoms with Crippen LogP contribution in [0.15, 0.2) is 47.4 Å². The SMILES string of the molecule is CCC(CC)n1c(=O)[nH]c2ncc(-c3ccccc3)cc21. The van der Waals surface area contributed by atoms with E-state index >= 15 is 0 Å². The highest BCUT2D eigenvalue weighted by molar-refractivity contribution is 5.78. The van der Waals surface area contributed by atoms with Gasteiger partial charge in [0.25, 0.3) is 0 Å². The third-order valence-corrected chi connectivity index (χ3v) is 3.99. The summed E-state index contributed by atoms with van der Waals surface area (Å²) >= 11 is 0. The molecule has 4 nitrogen and oxygen atoms in total. The summed E-state index contributed by atoms with van der Waals surface area (Å²) in [7, 11) is 0. The number of aromatic nitrogens is 3. The Morgan fingerprint density at radius 1 is 1.14 bits per heavy atom. The number of benzene rings is 1. The summed E-state index contributed by atoms with van der Waals surface area (Å²) in [5.74, 6) is 0. The topological polar surface area (TPSA) is 50.7 Å². The second kappa shape index (κ2) is 5.56. The molecule has 0 aliphatic carbocycles. The van der Waals surface area contributed by atoms with Crippen LogP contribution in [-0.2, 0) is 0 Å². The van der Waals surface area contributed by atoms with Crippen LogP contribution in [0, 0.1) is 0 Å². The molecule has 0 aliphatic rings. The minimum Gasteiger partial charge on any atom is -0.290 e. The van der Waals surface area contributed by atoms with Gasteiger partial charge in [0, 0.05) is 17.8 Å². The number of hydrogen-bond acceptors (Lipinski definition) is 2. The van der Waals surface area contributed by atoms with Crippen molar-refractivity contribution in [1.82, 2.24) is 14.5 Å². The van der Waals surface area contributed by atoms with E-state index in [2.05, 4.69) is 35.9 Å². The number of nitrogens with one attached hydrogen (secondary N) is 1. The molecule has 0 radical (unpaired) electrons. The van der Waals surface area contributed by atoms with Gasteiger partial charge in [0.2, 0.25) is 0 Å². The molecule has 0 fully saturated rings. The van der Waals surface area contributed by atoms with E-state index in [1.54, 1.807) is 0 Å². The van der Waals surface area contributed by atoms with Crippen molar-refractivity contribution in [2.24, 2.45) is 0 Å². The fraction of sp³-hybridized carbons (Fsp3) is 0.294. The van der Waals surface area contributed by atoms with Crippen LogP contribution >= 0.6 is 0 Å². The maximum absolute atomic E-state index is 12.2. The quantitative estimate of drug-likeness (QED) is 0.791. The van der Waals surface area contributed by atoms with Gasteiger partial charge in [-0.05, 0) is 24.5 Å². The molecule has 0 unspecified atom stereocenters.